The Morgan fingerprint density at radius 1 is 1.07 bits per heavy atom. The van der Waals surface area contributed by atoms with Crippen LogP contribution in [0.5, 0.6) is 0 Å². The Bertz CT molecular complexity index is 1010. The number of imide groups is 1. The number of rotatable bonds is 5. The maximum atomic E-state index is 13.3. The second-order valence-electron chi connectivity index (χ2n) is 6.32. The molecule has 2 aromatic carbocycles. The maximum absolute atomic E-state index is 13.3. The third-order valence-corrected chi connectivity index (χ3v) is 5.14. The smallest absolute Gasteiger partial charge is 0.334 e. The van der Waals surface area contributed by atoms with Crippen molar-refractivity contribution in [1.29, 1.82) is 0 Å². The lowest BCUT2D eigenvalue weighted by Crippen LogP contribution is -2.32. The summed E-state index contributed by atoms with van der Waals surface area (Å²) in [6.45, 7) is 5.45. The van der Waals surface area contributed by atoms with Crippen LogP contribution in [0, 0.1) is 0 Å². The van der Waals surface area contributed by atoms with Crippen molar-refractivity contribution in [2.45, 2.75) is 12.8 Å². The number of carbonyl (C=O) groups is 3. The quantitative estimate of drug-likeness (QED) is 0.398. The van der Waals surface area contributed by atoms with E-state index in [0.29, 0.717) is 11.3 Å². The molecule has 3 rings (SSSR count). The minimum absolute atomic E-state index is 0.0975. The van der Waals surface area contributed by atoms with Gasteiger partial charge in [0.15, 0.2) is 0 Å². The van der Waals surface area contributed by atoms with Gasteiger partial charge in [0.1, 0.15) is 0 Å². The molecule has 1 heterocycles. The zero-order chi connectivity index (χ0) is 20.4. The van der Waals surface area contributed by atoms with E-state index in [-0.39, 0.29) is 16.7 Å². The Balaban J connectivity index is 2.12. The van der Waals surface area contributed by atoms with Gasteiger partial charge in [-0.05, 0) is 30.7 Å². The number of benzene rings is 2. The van der Waals surface area contributed by atoms with E-state index in [1.807, 2.05) is 12.1 Å². The lowest BCUT2D eigenvalue weighted by atomic mass is 9.83. The van der Waals surface area contributed by atoms with Gasteiger partial charge in [0.25, 0.3) is 11.8 Å². The summed E-state index contributed by atoms with van der Waals surface area (Å²) >= 11 is 3.36. The normalized spacial score (nSPS) is 15.0. The molecule has 6 heteroatoms. The number of ether oxygens (including phenoxy) is 1. The fourth-order valence-electron chi connectivity index (χ4n) is 3.28. The van der Waals surface area contributed by atoms with E-state index < -0.39 is 23.7 Å². The number of hydrogen-bond donors (Lipinski definition) is 0. The molecule has 0 N–H and O–H groups in total. The van der Waals surface area contributed by atoms with E-state index >= 15 is 0 Å². The summed E-state index contributed by atoms with van der Waals surface area (Å²) in [5, 5.41) is 0. The molecule has 1 atom stereocenters. The molecule has 0 saturated heterocycles. The first-order chi connectivity index (χ1) is 13.4. The van der Waals surface area contributed by atoms with Gasteiger partial charge in [-0.1, -0.05) is 58.9 Å². The van der Waals surface area contributed by atoms with Crippen molar-refractivity contribution in [2.24, 2.45) is 0 Å². The van der Waals surface area contributed by atoms with Crippen LogP contribution in [0.2, 0.25) is 0 Å². The first-order valence-electron chi connectivity index (χ1n) is 8.54. The van der Waals surface area contributed by atoms with Crippen molar-refractivity contribution >= 4 is 39.4 Å². The molecular formula is C22H18BrNO4. The summed E-state index contributed by atoms with van der Waals surface area (Å²) in [7, 11) is 1.26. The van der Waals surface area contributed by atoms with E-state index in [0.717, 1.165) is 9.37 Å². The van der Waals surface area contributed by atoms with Crippen molar-refractivity contribution in [1.82, 2.24) is 0 Å². The summed E-state index contributed by atoms with van der Waals surface area (Å²) in [6.07, 6.45) is 0. The minimum atomic E-state index is -0.776. The molecule has 0 radical (unpaired) electrons. The van der Waals surface area contributed by atoms with Crippen molar-refractivity contribution < 1.29 is 19.1 Å². The molecule has 1 aliphatic heterocycles. The fourth-order valence-corrected chi connectivity index (χ4v) is 3.67. The molecule has 0 saturated carbocycles. The van der Waals surface area contributed by atoms with E-state index in [9.17, 15) is 14.4 Å². The second kappa shape index (κ2) is 7.94. The maximum Gasteiger partial charge on any atom is 0.334 e. The van der Waals surface area contributed by atoms with E-state index in [2.05, 4.69) is 22.5 Å². The number of carbonyl (C=O) groups excluding carboxylic acids is 3. The van der Waals surface area contributed by atoms with Gasteiger partial charge in [0, 0.05) is 27.1 Å². The van der Waals surface area contributed by atoms with Crippen LogP contribution < -0.4 is 4.90 Å². The van der Waals surface area contributed by atoms with Crippen molar-refractivity contribution in [3.8, 4) is 0 Å². The number of esters is 1. The largest absolute Gasteiger partial charge is 0.466 e. The monoisotopic (exact) mass is 439 g/mol. The molecule has 0 aliphatic carbocycles. The van der Waals surface area contributed by atoms with Gasteiger partial charge in [0.05, 0.1) is 12.8 Å². The fraction of sp³-hybridized carbons (Fsp3) is 0.136. The number of anilines is 1. The predicted octanol–water partition coefficient (Wildman–Crippen LogP) is 4.15. The average Bonchev–Trinajstić information content (AvgIpc) is 2.91. The predicted molar refractivity (Wildman–Crippen MR) is 110 cm³/mol. The molecule has 0 aromatic heterocycles. The Labute approximate surface area is 171 Å². The van der Waals surface area contributed by atoms with Crippen LogP contribution in [-0.2, 0) is 19.1 Å². The summed E-state index contributed by atoms with van der Waals surface area (Å²) in [5.41, 5.74) is 1.74. The summed E-state index contributed by atoms with van der Waals surface area (Å²) in [5.74, 6) is -2.30. The summed E-state index contributed by atoms with van der Waals surface area (Å²) < 4.78 is 5.57. The molecule has 142 valence electrons. The second-order valence-corrected chi connectivity index (χ2v) is 7.24. The lowest BCUT2D eigenvalue weighted by Gasteiger charge is -2.21. The van der Waals surface area contributed by atoms with Crippen molar-refractivity contribution in [3.63, 3.8) is 0 Å². The minimum Gasteiger partial charge on any atom is -0.466 e. The van der Waals surface area contributed by atoms with Gasteiger partial charge >= 0.3 is 5.97 Å². The topological polar surface area (TPSA) is 63.7 Å². The number of hydrogen-bond acceptors (Lipinski definition) is 4. The molecule has 2 amide bonds. The molecule has 0 fully saturated rings. The molecule has 5 nitrogen and oxygen atoms in total. The van der Waals surface area contributed by atoms with Crippen LogP contribution in [-0.4, -0.2) is 24.9 Å². The van der Waals surface area contributed by atoms with Crippen LogP contribution in [0.3, 0.4) is 0 Å². The van der Waals surface area contributed by atoms with Gasteiger partial charge in [-0.3, -0.25) is 9.59 Å². The molecule has 0 bridgehead atoms. The van der Waals surface area contributed by atoms with Crippen LogP contribution in [0.1, 0.15) is 18.4 Å². The van der Waals surface area contributed by atoms with E-state index in [1.165, 1.54) is 7.11 Å². The van der Waals surface area contributed by atoms with Gasteiger partial charge in [-0.2, -0.15) is 0 Å². The highest BCUT2D eigenvalue weighted by Gasteiger charge is 2.42. The highest BCUT2D eigenvalue weighted by molar-refractivity contribution is 9.10. The number of nitrogens with zero attached hydrogens (tertiary/aromatic N) is 1. The Morgan fingerprint density at radius 3 is 2.36 bits per heavy atom. The SMILES string of the molecule is C=C(C(=O)OC)[C@@H](C1=C(C)C(=O)N(c2cccc(Br)c2)C1=O)c1ccccc1. The third kappa shape index (κ3) is 3.43. The summed E-state index contributed by atoms with van der Waals surface area (Å²) in [4.78, 5) is 39.6. The van der Waals surface area contributed by atoms with Gasteiger partial charge < -0.3 is 4.74 Å². The number of amides is 2. The highest BCUT2D eigenvalue weighted by Crippen LogP contribution is 2.40. The third-order valence-electron chi connectivity index (χ3n) is 4.65. The lowest BCUT2D eigenvalue weighted by molar-refractivity contribution is -0.136. The van der Waals surface area contributed by atoms with Crippen molar-refractivity contribution in [2.75, 3.05) is 12.0 Å². The van der Waals surface area contributed by atoms with E-state index in [1.54, 1.807) is 49.4 Å². The first kappa shape index (κ1) is 19.8. The summed E-state index contributed by atoms with van der Waals surface area (Å²) in [6, 6.07) is 15.9. The van der Waals surface area contributed by atoms with Gasteiger partial charge in [0.2, 0.25) is 0 Å². The molecule has 0 spiro atoms. The Hall–Kier alpha value is -2.99. The standard InChI is InChI=1S/C22H18BrNO4/c1-13-19(18(14(2)22(27)28-3)15-8-5-4-6-9-15)21(26)24(20(13)25)17-11-7-10-16(23)12-17/h4-12,18H,2H2,1,3H3/t18-/m1/s1. The van der Waals surface area contributed by atoms with Crippen LogP contribution in [0.4, 0.5) is 5.69 Å². The average molecular weight is 440 g/mol. The zero-order valence-electron chi connectivity index (χ0n) is 15.4. The van der Waals surface area contributed by atoms with Crippen LogP contribution >= 0.6 is 15.9 Å². The molecule has 28 heavy (non-hydrogen) atoms. The van der Waals surface area contributed by atoms with Crippen LogP contribution in [0.15, 0.2) is 82.4 Å². The Morgan fingerprint density at radius 2 is 1.75 bits per heavy atom. The number of halogens is 1. The zero-order valence-corrected chi connectivity index (χ0v) is 17.0. The Kier molecular flexibility index (Phi) is 5.61. The molecule has 2 aromatic rings. The van der Waals surface area contributed by atoms with E-state index in [4.69, 9.17) is 4.74 Å². The number of methoxy groups -OCH3 is 1. The van der Waals surface area contributed by atoms with Crippen LogP contribution in [0.25, 0.3) is 0 Å². The molecule has 1 aliphatic rings. The highest BCUT2D eigenvalue weighted by atomic mass is 79.9. The van der Waals surface area contributed by atoms with Gasteiger partial charge in [-0.25, -0.2) is 9.69 Å². The van der Waals surface area contributed by atoms with Gasteiger partial charge in [-0.15, -0.1) is 0 Å². The first-order valence-corrected chi connectivity index (χ1v) is 9.33. The van der Waals surface area contributed by atoms with Crippen molar-refractivity contribution in [3.05, 3.63) is 87.9 Å². The molecular weight excluding hydrogens is 422 g/mol. The molecule has 0 unspecified atom stereocenters.